The van der Waals surface area contributed by atoms with Gasteiger partial charge >= 0.3 is 11.9 Å². The lowest BCUT2D eigenvalue weighted by atomic mass is 10.1. The molecule has 1 unspecified atom stereocenters. The van der Waals surface area contributed by atoms with Gasteiger partial charge in [-0.15, -0.1) is 0 Å². The van der Waals surface area contributed by atoms with Crippen LogP contribution in [0.2, 0.25) is 10.0 Å². The number of rotatable bonds is 5. The first kappa shape index (κ1) is 19.8. The van der Waals surface area contributed by atoms with E-state index in [9.17, 15) is 9.59 Å². The van der Waals surface area contributed by atoms with Gasteiger partial charge in [-0.25, -0.2) is 9.59 Å². The van der Waals surface area contributed by atoms with Crippen molar-refractivity contribution < 1.29 is 19.1 Å². The number of ether oxygens (including phenoxy) is 2. The molecule has 0 fully saturated rings. The molecule has 28 heavy (non-hydrogen) atoms. The number of halogens is 2. The second kappa shape index (κ2) is 8.82. The maximum atomic E-state index is 12.7. The van der Waals surface area contributed by atoms with Crippen LogP contribution in [-0.2, 0) is 14.3 Å². The number of benzene rings is 1. The fraction of sp³-hybridized carbons (Fsp3) is 0.100. The zero-order valence-electron chi connectivity index (χ0n) is 14.6. The van der Waals surface area contributed by atoms with Gasteiger partial charge in [0.05, 0.1) is 12.7 Å². The summed E-state index contributed by atoms with van der Waals surface area (Å²) in [5, 5.41) is 0.567. The molecule has 1 aromatic carbocycles. The molecule has 0 amide bonds. The van der Waals surface area contributed by atoms with Gasteiger partial charge in [0.15, 0.2) is 0 Å². The van der Waals surface area contributed by atoms with Gasteiger partial charge in [0.1, 0.15) is 0 Å². The molecule has 0 aliphatic rings. The van der Waals surface area contributed by atoms with Crippen LogP contribution < -0.4 is 0 Å². The van der Waals surface area contributed by atoms with Crippen LogP contribution in [-0.4, -0.2) is 29.0 Å². The highest BCUT2D eigenvalue weighted by Crippen LogP contribution is 2.30. The maximum Gasteiger partial charge on any atom is 0.352 e. The van der Waals surface area contributed by atoms with E-state index >= 15 is 0 Å². The van der Waals surface area contributed by atoms with Crippen molar-refractivity contribution in [2.24, 2.45) is 0 Å². The van der Waals surface area contributed by atoms with Gasteiger partial charge in [-0.05, 0) is 35.9 Å². The summed E-state index contributed by atoms with van der Waals surface area (Å²) in [5.74, 6) is -1.51. The summed E-state index contributed by atoms with van der Waals surface area (Å²) in [4.78, 5) is 32.9. The molecule has 3 aromatic rings. The summed E-state index contributed by atoms with van der Waals surface area (Å²) in [6, 6.07) is 9.69. The minimum Gasteiger partial charge on any atom is -0.466 e. The molecule has 0 aliphatic heterocycles. The van der Waals surface area contributed by atoms with Crippen molar-refractivity contribution in [1.29, 1.82) is 0 Å². The monoisotopic (exact) mass is 416 g/mol. The fourth-order valence-electron chi connectivity index (χ4n) is 2.49. The summed E-state index contributed by atoms with van der Waals surface area (Å²) in [7, 11) is 1.19. The van der Waals surface area contributed by atoms with Crippen LogP contribution in [0, 0.1) is 0 Å². The highest BCUT2D eigenvalue weighted by atomic mass is 35.5. The SMILES string of the molecule is COC(=O)C(OC(=O)c1cncc(-c2ccncc2)c1)c1ccc(Cl)cc1Cl. The predicted molar refractivity (Wildman–Crippen MR) is 104 cm³/mol. The quantitative estimate of drug-likeness (QED) is 0.568. The summed E-state index contributed by atoms with van der Waals surface area (Å²) in [5.41, 5.74) is 1.98. The minimum atomic E-state index is -1.34. The lowest BCUT2D eigenvalue weighted by Gasteiger charge is -2.17. The predicted octanol–water partition coefficient (Wildman–Crippen LogP) is 4.52. The fourth-order valence-corrected chi connectivity index (χ4v) is 3.00. The lowest BCUT2D eigenvalue weighted by molar-refractivity contribution is -0.151. The van der Waals surface area contributed by atoms with E-state index in [2.05, 4.69) is 9.97 Å². The van der Waals surface area contributed by atoms with Crippen molar-refractivity contribution in [1.82, 2.24) is 9.97 Å². The van der Waals surface area contributed by atoms with Gasteiger partial charge in [-0.1, -0.05) is 29.3 Å². The van der Waals surface area contributed by atoms with Crippen molar-refractivity contribution in [3.8, 4) is 11.1 Å². The van der Waals surface area contributed by atoms with E-state index in [0.717, 1.165) is 5.56 Å². The maximum absolute atomic E-state index is 12.7. The molecular formula is C20H14Cl2N2O4. The Balaban J connectivity index is 1.89. The molecule has 0 saturated carbocycles. The van der Waals surface area contributed by atoms with Crippen molar-refractivity contribution >= 4 is 35.1 Å². The van der Waals surface area contributed by atoms with E-state index < -0.39 is 18.0 Å². The smallest absolute Gasteiger partial charge is 0.352 e. The number of hydrogen-bond acceptors (Lipinski definition) is 6. The third-order valence-corrected chi connectivity index (χ3v) is 4.44. The number of esters is 2. The van der Waals surface area contributed by atoms with E-state index in [0.29, 0.717) is 10.6 Å². The van der Waals surface area contributed by atoms with Crippen molar-refractivity contribution in [3.63, 3.8) is 0 Å². The Morgan fingerprint density at radius 2 is 1.71 bits per heavy atom. The standard InChI is InChI=1S/C20H14Cl2N2O4/c1-27-20(26)18(16-3-2-15(21)9-17(16)22)28-19(25)14-8-13(10-24-11-14)12-4-6-23-7-5-12/h2-11,18H,1H3. The number of carbonyl (C=O) groups excluding carboxylic acids is 2. The van der Waals surface area contributed by atoms with Gasteiger partial charge in [0.25, 0.3) is 0 Å². The number of nitrogens with zero attached hydrogens (tertiary/aromatic N) is 2. The molecule has 0 bridgehead atoms. The summed E-state index contributed by atoms with van der Waals surface area (Å²) < 4.78 is 10.1. The molecule has 0 aliphatic carbocycles. The van der Waals surface area contributed by atoms with Crippen LogP contribution in [0.25, 0.3) is 11.1 Å². The average molecular weight is 417 g/mol. The Bertz CT molecular complexity index is 1010. The number of hydrogen-bond donors (Lipinski definition) is 0. The van der Waals surface area contributed by atoms with Gasteiger partial charge in [-0.3, -0.25) is 9.97 Å². The lowest BCUT2D eigenvalue weighted by Crippen LogP contribution is -2.21. The van der Waals surface area contributed by atoms with Gasteiger partial charge < -0.3 is 9.47 Å². The molecule has 0 saturated heterocycles. The Morgan fingerprint density at radius 3 is 2.39 bits per heavy atom. The third-order valence-electron chi connectivity index (χ3n) is 3.87. The normalized spacial score (nSPS) is 11.5. The Morgan fingerprint density at radius 1 is 0.964 bits per heavy atom. The van der Waals surface area contributed by atoms with Gasteiger partial charge in [0, 0.05) is 46.0 Å². The molecule has 0 radical (unpaired) electrons. The average Bonchev–Trinajstić information content (AvgIpc) is 2.72. The first-order valence-electron chi connectivity index (χ1n) is 8.09. The molecule has 1 atom stereocenters. The largest absolute Gasteiger partial charge is 0.466 e. The summed E-state index contributed by atoms with van der Waals surface area (Å²) in [6.07, 6.45) is 4.89. The van der Waals surface area contributed by atoms with Gasteiger partial charge in [-0.2, -0.15) is 0 Å². The number of pyridine rings is 2. The first-order chi connectivity index (χ1) is 13.5. The molecule has 0 spiro atoms. The van der Waals surface area contributed by atoms with Crippen molar-refractivity contribution in [2.75, 3.05) is 7.11 Å². The summed E-state index contributed by atoms with van der Waals surface area (Å²) in [6.45, 7) is 0. The van der Waals surface area contributed by atoms with E-state index in [1.807, 2.05) is 0 Å². The minimum absolute atomic E-state index is 0.174. The molecular weight excluding hydrogens is 403 g/mol. The highest BCUT2D eigenvalue weighted by molar-refractivity contribution is 6.35. The molecule has 142 valence electrons. The number of methoxy groups -OCH3 is 1. The molecule has 8 heteroatoms. The Kier molecular flexibility index (Phi) is 6.23. The van der Waals surface area contributed by atoms with Gasteiger partial charge in [0.2, 0.25) is 6.10 Å². The Labute approximate surface area is 171 Å². The van der Waals surface area contributed by atoms with Crippen LogP contribution in [0.3, 0.4) is 0 Å². The third kappa shape index (κ3) is 4.47. The van der Waals surface area contributed by atoms with E-state index in [1.165, 1.54) is 31.5 Å². The molecule has 2 aromatic heterocycles. The van der Waals surface area contributed by atoms with Crippen LogP contribution >= 0.6 is 23.2 Å². The van der Waals surface area contributed by atoms with Crippen molar-refractivity contribution in [2.45, 2.75) is 6.10 Å². The zero-order chi connectivity index (χ0) is 20.1. The Hall–Kier alpha value is -2.96. The van der Waals surface area contributed by atoms with E-state index in [1.54, 1.807) is 36.8 Å². The van der Waals surface area contributed by atoms with Crippen LogP contribution in [0.4, 0.5) is 0 Å². The number of carbonyl (C=O) groups is 2. The van der Waals surface area contributed by atoms with Crippen LogP contribution in [0.1, 0.15) is 22.0 Å². The highest BCUT2D eigenvalue weighted by Gasteiger charge is 2.29. The van der Waals surface area contributed by atoms with E-state index in [4.69, 9.17) is 32.7 Å². The van der Waals surface area contributed by atoms with Crippen LogP contribution in [0.15, 0.2) is 61.2 Å². The zero-order valence-corrected chi connectivity index (χ0v) is 16.1. The molecule has 3 rings (SSSR count). The second-order valence-corrected chi connectivity index (χ2v) is 6.52. The van der Waals surface area contributed by atoms with E-state index in [-0.39, 0.29) is 16.1 Å². The van der Waals surface area contributed by atoms with Crippen molar-refractivity contribution in [3.05, 3.63) is 82.4 Å². The first-order valence-corrected chi connectivity index (χ1v) is 8.84. The molecule has 6 nitrogen and oxygen atoms in total. The summed E-state index contributed by atoms with van der Waals surface area (Å²) >= 11 is 12.0. The molecule has 0 N–H and O–H groups in total. The number of aromatic nitrogens is 2. The van der Waals surface area contributed by atoms with Crippen LogP contribution in [0.5, 0.6) is 0 Å². The molecule has 2 heterocycles. The topological polar surface area (TPSA) is 78.4 Å². The second-order valence-electron chi connectivity index (χ2n) is 5.67.